The molecule has 0 aromatic heterocycles. The van der Waals surface area contributed by atoms with Crippen molar-refractivity contribution >= 4 is 10.0 Å². The lowest BCUT2D eigenvalue weighted by Gasteiger charge is -2.22. The summed E-state index contributed by atoms with van der Waals surface area (Å²) in [5.41, 5.74) is 0. The van der Waals surface area contributed by atoms with Gasteiger partial charge in [0.05, 0.1) is 4.90 Å². The van der Waals surface area contributed by atoms with E-state index in [1.165, 1.54) is 24.6 Å². The van der Waals surface area contributed by atoms with Crippen molar-refractivity contribution in [1.29, 1.82) is 0 Å². The van der Waals surface area contributed by atoms with Crippen molar-refractivity contribution in [3.05, 3.63) is 24.3 Å². The van der Waals surface area contributed by atoms with E-state index < -0.39 is 10.0 Å². The van der Waals surface area contributed by atoms with Crippen LogP contribution in [0.4, 0.5) is 0 Å². The molecule has 18 heavy (non-hydrogen) atoms. The van der Waals surface area contributed by atoms with Crippen molar-refractivity contribution in [1.82, 2.24) is 4.72 Å². The zero-order valence-electron chi connectivity index (χ0n) is 10.0. The SMILES string of the molecule is O=S(=O)(NC1CC2CCC1C2)c1cccc(O)c1. The lowest BCUT2D eigenvalue weighted by Crippen LogP contribution is -2.38. The fourth-order valence-electron chi connectivity index (χ4n) is 3.31. The first-order chi connectivity index (χ1) is 8.54. The summed E-state index contributed by atoms with van der Waals surface area (Å²) in [7, 11) is -3.50. The molecular formula is C13H17NO3S. The predicted molar refractivity (Wildman–Crippen MR) is 67.7 cm³/mol. The van der Waals surface area contributed by atoms with Gasteiger partial charge in [0.2, 0.25) is 10.0 Å². The van der Waals surface area contributed by atoms with Crippen LogP contribution in [0.3, 0.4) is 0 Å². The van der Waals surface area contributed by atoms with Gasteiger partial charge in [-0.25, -0.2) is 13.1 Å². The van der Waals surface area contributed by atoms with E-state index in [0.717, 1.165) is 19.3 Å². The van der Waals surface area contributed by atoms with Crippen molar-refractivity contribution in [3.63, 3.8) is 0 Å². The highest BCUT2D eigenvalue weighted by atomic mass is 32.2. The zero-order chi connectivity index (χ0) is 12.8. The molecule has 2 saturated carbocycles. The van der Waals surface area contributed by atoms with Gasteiger partial charge in [-0.15, -0.1) is 0 Å². The van der Waals surface area contributed by atoms with E-state index in [2.05, 4.69) is 4.72 Å². The molecule has 0 radical (unpaired) electrons. The largest absolute Gasteiger partial charge is 0.508 e. The first-order valence-electron chi connectivity index (χ1n) is 6.36. The minimum absolute atomic E-state index is 0.0224. The van der Waals surface area contributed by atoms with Crippen molar-refractivity contribution in [2.75, 3.05) is 0 Å². The summed E-state index contributed by atoms with van der Waals surface area (Å²) in [6.45, 7) is 0. The van der Waals surface area contributed by atoms with E-state index in [1.807, 2.05) is 0 Å². The van der Waals surface area contributed by atoms with Crippen molar-refractivity contribution in [2.45, 2.75) is 36.6 Å². The fourth-order valence-corrected chi connectivity index (χ4v) is 4.66. The molecule has 0 heterocycles. The Bertz CT molecular complexity index is 555. The van der Waals surface area contributed by atoms with Crippen LogP contribution in [0.25, 0.3) is 0 Å². The molecule has 0 saturated heterocycles. The monoisotopic (exact) mass is 267 g/mol. The Morgan fingerprint density at radius 3 is 2.67 bits per heavy atom. The maximum absolute atomic E-state index is 12.2. The average Bonchev–Trinajstić information content (AvgIpc) is 2.90. The number of rotatable bonds is 3. The number of nitrogens with one attached hydrogen (secondary N) is 1. The molecule has 3 unspecified atom stereocenters. The number of benzene rings is 1. The van der Waals surface area contributed by atoms with Crippen LogP contribution >= 0.6 is 0 Å². The fraction of sp³-hybridized carbons (Fsp3) is 0.538. The van der Waals surface area contributed by atoms with Gasteiger partial charge < -0.3 is 5.11 Å². The molecule has 1 aromatic carbocycles. The van der Waals surface area contributed by atoms with Crippen LogP contribution in [0.1, 0.15) is 25.7 Å². The molecule has 2 N–H and O–H groups in total. The first-order valence-corrected chi connectivity index (χ1v) is 7.84. The molecule has 4 nitrogen and oxygen atoms in total. The Kier molecular flexibility index (Phi) is 2.83. The maximum atomic E-state index is 12.2. The minimum atomic E-state index is -3.50. The number of hydrogen-bond donors (Lipinski definition) is 2. The van der Waals surface area contributed by atoms with E-state index in [0.29, 0.717) is 11.8 Å². The van der Waals surface area contributed by atoms with Crippen LogP contribution in [-0.4, -0.2) is 19.6 Å². The number of aromatic hydroxyl groups is 1. The maximum Gasteiger partial charge on any atom is 0.240 e. The second kappa shape index (κ2) is 4.24. The van der Waals surface area contributed by atoms with E-state index in [9.17, 15) is 13.5 Å². The Balaban J connectivity index is 1.79. The number of phenolic OH excluding ortho intramolecular Hbond substituents is 1. The summed E-state index contributed by atoms with van der Waals surface area (Å²) in [5.74, 6) is 1.18. The Labute approximate surface area is 107 Å². The van der Waals surface area contributed by atoms with Gasteiger partial charge in [0.15, 0.2) is 0 Å². The normalized spacial score (nSPS) is 30.8. The lowest BCUT2D eigenvalue weighted by molar-refractivity contribution is 0.390. The molecule has 5 heteroatoms. The molecule has 0 aliphatic heterocycles. The number of hydrogen-bond acceptors (Lipinski definition) is 3. The molecule has 2 fully saturated rings. The summed E-state index contributed by atoms with van der Waals surface area (Å²) in [5, 5.41) is 9.35. The van der Waals surface area contributed by atoms with Crippen LogP contribution < -0.4 is 4.72 Å². The highest BCUT2D eigenvalue weighted by molar-refractivity contribution is 7.89. The second-order valence-electron chi connectivity index (χ2n) is 5.40. The third-order valence-corrected chi connectivity index (χ3v) is 5.66. The minimum Gasteiger partial charge on any atom is -0.508 e. The average molecular weight is 267 g/mol. The first kappa shape index (κ1) is 12.0. The third kappa shape index (κ3) is 2.12. The van der Waals surface area contributed by atoms with E-state index in [-0.39, 0.29) is 16.7 Å². The molecule has 0 spiro atoms. The molecule has 1 aromatic rings. The molecule has 2 aliphatic rings. The van der Waals surface area contributed by atoms with Gasteiger partial charge in [0.25, 0.3) is 0 Å². The van der Waals surface area contributed by atoms with Gasteiger partial charge in [-0.05, 0) is 49.3 Å². The smallest absolute Gasteiger partial charge is 0.240 e. The molecule has 0 amide bonds. The molecular weight excluding hydrogens is 250 g/mol. The van der Waals surface area contributed by atoms with Crippen LogP contribution in [-0.2, 0) is 10.0 Å². The van der Waals surface area contributed by atoms with Gasteiger partial charge in [0, 0.05) is 6.04 Å². The van der Waals surface area contributed by atoms with Gasteiger partial charge in [-0.3, -0.25) is 0 Å². The zero-order valence-corrected chi connectivity index (χ0v) is 10.9. The van der Waals surface area contributed by atoms with Crippen LogP contribution in [0, 0.1) is 11.8 Å². The van der Waals surface area contributed by atoms with Gasteiger partial charge in [-0.2, -0.15) is 0 Å². The van der Waals surface area contributed by atoms with Gasteiger partial charge in [-0.1, -0.05) is 12.5 Å². The Morgan fingerprint density at radius 1 is 1.22 bits per heavy atom. The Hall–Kier alpha value is -1.07. The summed E-state index contributed by atoms with van der Waals surface area (Å²) in [6, 6.07) is 5.89. The quantitative estimate of drug-likeness (QED) is 0.878. The number of phenols is 1. The second-order valence-corrected chi connectivity index (χ2v) is 7.11. The van der Waals surface area contributed by atoms with Gasteiger partial charge >= 0.3 is 0 Å². The molecule has 2 aliphatic carbocycles. The van der Waals surface area contributed by atoms with Gasteiger partial charge in [0.1, 0.15) is 5.75 Å². The van der Waals surface area contributed by atoms with Crippen molar-refractivity contribution in [2.24, 2.45) is 11.8 Å². The Morgan fingerprint density at radius 2 is 2.06 bits per heavy atom. The van der Waals surface area contributed by atoms with E-state index in [4.69, 9.17) is 0 Å². The van der Waals surface area contributed by atoms with Crippen LogP contribution in [0.5, 0.6) is 5.75 Å². The van der Waals surface area contributed by atoms with E-state index in [1.54, 1.807) is 6.07 Å². The molecule has 98 valence electrons. The molecule has 2 bridgehead atoms. The number of fused-ring (bicyclic) bond motifs is 2. The summed E-state index contributed by atoms with van der Waals surface area (Å²) >= 11 is 0. The van der Waals surface area contributed by atoms with Crippen molar-refractivity contribution in [3.8, 4) is 5.75 Å². The van der Waals surface area contributed by atoms with Crippen molar-refractivity contribution < 1.29 is 13.5 Å². The number of sulfonamides is 1. The molecule has 3 atom stereocenters. The van der Waals surface area contributed by atoms with E-state index >= 15 is 0 Å². The summed E-state index contributed by atoms with van der Waals surface area (Å²) in [4.78, 5) is 0.144. The highest BCUT2D eigenvalue weighted by Crippen LogP contribution is 2.44. The topological polar surface area (TPSA) is 66.4 Å². The highest BCUT2D eigenvalue weighted by Gasteiger charge is 2.41. The predicted octanol–water partition coefficient (Wildman–Crippen LogP) is 1.86. The van der Waals surface area contributed by atoms with Crippen LogP contribution in [0.15, 0.2) is 29.2 Å². The van der Waals surface area contributed by atoms with Crippen LogP contribution in [0.2, 0.25) is 0 Å². The summed E-state index contributed by atoms with van der Waals surface area (Å²) in [6.07, 6.45) is 4.50. The lowest BCUT2D eigenvalue weighted by atomic mass is 9.96. The standard InChI is InChI=1S/C13H17NO3S/c15-11-2-1-3-12(8-11)18(16,17)14-13-7-9-4-5-10(13)6-9/h1-3,8-10,13-15H,4-7H2. The third-order valence-electron chi connectivity index (χ3n) is 4.17. The molecule has 3 rings (SSSR count). The summed E-state index contributed by atoms with van der Waals surface area (Å²) < 4.78 is 27.2.